The van der Waals surface area contributed by atoms with Gasteiger partial charge in [-0.05, 0) is 32.6 Å². The van der Waals surface area contributed by atoms with Gasteiger partial charge in [-0.1, -0.05) is 19.1 Å². The zero-order valence-corrected chi connectivity index (χ0v) is 8.79. The molecule has 0 bridgehead atoms. The molecule has 0 aliphatic rings. The summed E-state index contributed by atoms with van der Waals surface area (Å²) in [5.74, 6) is 0. The molecule has 1 aromatic rings. The van der Waals surface area contributed by atoms with Crippen LogP contribution in [0.5, 0.6) is 0 Å². The van der Waals surface area contributed by atoms with E-state index in [-0.39, 0.29) is 0 Å². The Kier molecular flexibility index (Phi) is 2.86. The molecule has 2 nitrogen and oxygen atoms in total. The molecular formula is C8H11O2PS. The zero-order valence-electron chi connectivity index (χ0n) is 6.82. The number of rotatable bonds is 2. The largest absolute Gasteiger partial charge is 0.220 e. The highest BCUT2D eigenvalue weighted by Gasteiger charge is 2.04. The third-order valence-corrected chi connectivity index (χ3v) is 3.41. The quantitative estimate of drug-likeness (QED) is 0.685. The Hall–Kier alpha value is -0.400. The summed E-state index contributed by atoms with van der Waals surface area (Å²) < 4.78 is 22.0. The van der Waals surface area contributed by atoms with Crippen molar-refractivity contribution in [2.24, 2.45) is 0 Å². The number of hydrogen-bond acceptors (Lipinski definition) is 2. The van der Waals surface area contributed by atoms with Crippen molar-refractivity contribution in [3.63, 3.8) is 0 Å². The molecule has 1 atom stereocenters. The van der Waals surface area contributed by atoms with Crippen molar-refractivity contribution >= 4 is 17.9 Å². The van der Waals surface area contributed by atoms with Gasteiger partial charge < -0.3 is 0 Å². The summed E-state index contributed by atoms with van der Waals surface area (Å²) in [6, 6.07) is 6.91. The first kappa shape index (κ1) is 9.69. The minimum atomic E-state index is -3.11. The van der Waals surface area contributed by atoms with Crippen LogP contribution in [-0.4, -0.2) is 8.42 Å². The second-order valence-corrected chi connectivity index (χ2v) is 5.97. The van der Waals surface area contributed by atoms with Gasteiger partial charge in [0.15, 0.2) is 9.46 Å². The number of benzene rings is 1. The lowest BCUT2D eigenvalue weighted by Crippen LogP contribution is -1.89. The van der Waals surface area contributed by atoms with Crippen LogP contribution in [0, 0.1) is 0 Å². The van der Waals surface area contributed by atoms with Gasteiger partial charge in [0.2, 0.25) is 0 Å². The standard InChI is InChI=1S/C8H11O2PS/c1-2-7-3-5-8(6-4-7)12(9,10)11/h3-6H,2,11H2,1H3. The van der Waals surface area contributed by atoms with Crippen molar-refractivity contribution in [3.8, 4) is 0 Å². The highest BCUT2D eigenvalue weighted by Crippen LogP contribution is 2.17. The van der Waals surface area contributed by atoms with Crippen molar-refractivity contribution in [2.75, 3.05) is 0 Å². The molecule has 1 unspecified atom stereocenters. The Morgan fingerprint density at radius 3 is 2.08 bits per heavy atom. The van der Waals surface area contributed by atoms with Crippen LogP contribution in [0.15, 0.2) is 29.2 Å². The molecule has 1 rings (SSSR count). The molecule has 0 amide bonds. The maximum absolute atomic E-state index is 11.0. The average Bonchev–Trinajstić information content (AvgIpc) is 2.03. The number of hydrogen-bond donors (Lipinski definition) is 0. The molecule has 0 aliphatic heterocycles. The Morgan fingerprint density at radius 2 is 1.75 bits per heavy atom. The van der Waals surface area contributed by atoms with Crippen LogP contribution in [-0.2, 0) is 15.9 Å². The Morgan fingerprint density at radius 1 is 1.25 bits per heavy atom. The fourth-order valence-corrected chi connectivity index (χ4v) is 1.90. The highest BCUT2D eigenvalue weighted by atomic mass is 32.7. The van der Waals surface area contributed by atoms with Gasteiger partial charge in [0.1, 0.15) is 0 Å². The van der Waals surface area contributed by atoms with E-state index < -0.39 is 9.46 Å². The van der Waals surface area contributed by atoms with Crippen LogP contribution in [0.2, 0.25) is 0 Å². The summed E-state index contributed by atoms with van der Waals surface area (Å²) >= 11 is 0. The van der Waals surface area contributed by atoms with E-state index >= 15 is 0 Å². The Bertz CT molecular complexity index is 353. The van der Waals surface area contributed by atoms with E-state index in [2.05, 4.69) is 0 Å². The van der Waals surface area contributed by atoms with Crippen molar-refractivity contribution in [2.45, 2.75) is 18.2 Å². The summed E-state index contributed by atoms with van der Waals surface area (Å²) in [4.78, 5) is 0.352. The van der Waals surface area contributed by atoms with Crippen LogP contribution < -0.4 is 0 Å². The summed E-state index contributed by atoms with van der Waals surface area (Å²) in [7, 11) is -1.28. The molecule has 0 spiro atoms. The molecule has 1 aromatic carbocycles. The maximum Gasteiger partial charge on any atom is 0.189 e. The van der Waals surface area contributed by atoms with Crippen LogP contribution in [0.25, 0.3) is 0 Å². The van der Waals surface area contributed by atoms with Crippen molar-refractivity contribution < 1.29 is 8.42 Å². The normalized spacial score (nSPS) is 11.5. The van der Waals surface area contributed by atoms with E-state index in [1.807, 2.05) is 27.5 Å². The Balaban J connectivity index is 3.09. The third kappa shape index (κ3) is 2.29. The van der Waals surface area contributed by atoms with E-state index in [0.29, 0.717) is 4.90 Å². The second kappa shape index (κ2) is 3.55. The minimum Gasteiger partial charge on any atom is -0.220 e. The third-order valence-electron chi connectivity index (χ3n) is 1.66. The predicted molar refractivity (Wildman–Crippen MR) is 52.7 cm³/mol. The summed E-state index contributed by atoms with van der Waals surface area (Å²) in [5.41, 5.74) is 1.15. The molecule has 0 aliphatic carbocycles. The summed E-state index contributed by atoms with van der Waals surface area (Å²) in [5, 5.41) is 0. The minimum absolute atomic E-state index is 0.352. The van der Waals surface area contributed by atoms with Crippen molar-refractivity contribution in [3.05, 3.63) is 29.8 Å². The van der Waals surface area contributed by atoms with Crippen LogP contribution in [0.4, 0.5) is 0 Å². The van der Waals surface area contributed by atoms with Gasteiger partial charge >= 0.3 is 0 Å². The average molecular weight is 202 g/mol. The monoisotopic (exact) mass is 202 g/mol. The molecular weight excluding hydrogens is 191 g/mol. The second-order valence-electron chi connectivity index (χ2n) is 2.54. The summed E-state index contributed by atoms with van der Waals surface area (Å²) in [6.07, 6.45) is 0.928. The van der Waals surface area contributed by atoms with Gasteiger partial charge in [-0.15, -0.1) is 0 Å². The fraction of sp³-hybridized carbons (Fsp3) is 0.250. The number of aryl methyl sites for hydroxylation is 1. The SMILES string of the molecule is CCc1ccc(S(=O)(=O)P)cc1. The van der Waals surface area contributed by atoms with Crippen LogP contribution in [0.3, 0.4) is 0 Å². The Labute approximate surface area is 74.9 Å². The van der Waals surface area contributed by atoms with Gasteiger partial charge in [-0.2, -0.15) is 0 Å². The highest BCUT2D eigenvalue weighted by molar-refractivity contribution is 8.37. The lowest BCUT2D eigenvalue weighted by atomic mass is 10.2. The van der Waals surface area contributed by atoms with Gasteiger partial charge in [-0.3, -0.25) is 0 Å². The van der Waals surface area contributed by atoms with Crippen LogP contribution >= 0.6 is 8.44 Å². The molecule has 0 radical (unpaired) electrons. The summed E-state index contributed by atoms with van der Waals surface area (Å²) in [6.45, 7) is 2.03. The van der Waals surface area contributed by atoms with E-state index in [0.717, 1.165) is 12.0 Å². The van der Waals surface area contributed by atoms with Gasteiger partial charge in [0.25, 0.3) is 0 Å². The van der Waals surface area contributed by atoms with Crippen molar-refractivity contribution in [1.29, 1.82) is 0 Å². The molecule has 4 heteroatoms. The first-order chi connectivity index (χ1) is 5.54. The van der Waals surface area contributed by atoms with E-state index in [1.165, 1.54) is 0 Å². The molecule has 0 saturated carbocycles. The maximum atomic E-state index is 11.0. The van der Waals surface area contributed by atoms with Gasteiger partial charge in [-0.25, -0.2) is 8.42 Å². The smallest absolute Gasteiger partial charge is 0.189 e. The molecule has 0 saturated heterocycles. The molecule has 0 aromatic heterocycles. The first-order valence-electron chi connectivity index (χ1n) is 3.66. The van der Waals surface area contributed by atoms with Gasteiger partial charge in [0, 0.05) is 0 Å². The van der Waals surface area contributed by atoms with Gasteiger partial charge in [0.05, 0.1) is 4.90 Å². The molecule has 0 fully saturated rings. The fourth-order valence-electron chi connectivity index (χ4n) is 0.915. The topological polar surface area (TPSA) is 34.1 Å². The van der Waals surface area contributed by atoms with Crippen LogP contribution in [0.1, 0.15) is 12.5 Å². The van der Waals surface area contributed by atoms with E-state index in [4.69, 9.17) is 0 Å². The van der Waals surface area contributed by atoms with E-state index in [9.17, 15) is 8.42 Å². The van der Waals surface area contributed by atoms with E-state index in [1.54, 1.807) is 12.1 Å². The first-order valence-corrected chi connectivity index (χ1v) is 6.62. The molecule has 0 N–H and O–H groups in total. The molecule has 66 valence electrons. The zero-order chi connectivity index (χ0) is 9.19. The lowest BCUT2D eigenvalue weighted by molar-refractivity contribution is 0.610. The lowest BCUT2D eigenvalue weighted by Gasteiger charge is -1.98. The van der Waals surface area contributed by atoms with Crippen molar-refractivity contribution in [1.82, 2.24) is 0 Å². The molecule has 12 heavy (non-hydrogen) atoms. The molecule has 0 heterocycles. The predicted octanol–water partition coefficient (Wildman–Crippen LogP) is 1.81.